The summed E-state index contributed by atoms with van der Waals surface area (Å²) in [7, 11) is 1.75. The molecule has 1 aliphatic rings. The van der Waals surface area contributed by atoms with Gasteiger partial charge in [-0.25, -0.2) is 4.79 Å². The van der Waals surface area contributed by atoms with Crippen molar-refractivity contribution in [2.24, 2.45) is 11.3 Å². The summed E-state index contributed by atoms with van der Waals surface area (Å²) in [5.41, 5.74) is 0.00104. The Hall–Kier alpha value is -1.89. The van der Waals surface area contributed by atoms with Crippen LogP contribution in [-0.2, 0) is 19.1 Å². The number of esters is 1. The minimum Gasteiger partial charge on any atom is -0.463 e. The lowest BCUT2D eigenvalue weighted by Crippen LogP contribution is -2.60. The maximum absolute atomic E-state index is 13.8. The summed E-state index contributed by atoms with van der Waals surface area (Å²) in [6.07, 6.45) is 5.71. The summed E-state index contributed by atoms with van der Waals surface area (Å²) in [5.74, 6) is -0.523. The fraction of sp³-hybridized carbons (Fsp3) is 0.815. The minimum atomic E-state index is -0.678. The van der Waals surface area contributed by atoms with E-state index in [1.54, 1.807) is 31.9 Å². The Kier molecular flexibility index (Phi) is 11.8. The molecule has 2 amide bonds. The molecule has 1 aliphatic heterocycles. The van der Waals surface area contributed by atoms with Crippen LogP contribution in [0, 0.1) is 11.3 Å². The monoisotopic (exact) mass is 479 g/mol. The second-order valence-corrected chi connectivity index (χ2v) is 11.1. The van der Waals surface area contributed by atoms with E-state index in [1.165, 1.54) is 0 Å². The molecular formula is C27H49N3O4. The summed E-state index contributed by atoms with van der Waals surface area (Å²) < 4.78 is 5.11. The molecule has 1 heterocycles. The largest absolute Gasteiger partial charge is 0.463 e. The molecule has 196 valence electrons. The van der Waals surface area contributed by atoms with Crippen molar-refractivity contribution in [3.05, 3.63) is 11.6 Å². The van der Waals surface area contributed by atoms with E-state index in [0.717, 1.165) is 32.2 Å². The van der Waals surface area contributed by atoms with E-state index >= 15 is 0 Å². The van der Waals surface area contributed by atoms with Crippen LogP contribution in [0.15, 0.2) is 11.6 Å². The third kappa shape index (κ3) is 8.10. The van der Waals surface area contributed by atoms with E-state index in [-0.39, 0.29) is 35.8 Å². The molecule has 0 aliphatic carbocycles. The number of hydrogen-bond acceptors (Lipinski definition) is 5. The van der Waals surface area contributed by atoms with Gasteiger partial charge in [0.25, 0.3) is 0 Å². The third-order valence-electron chi connectivity index (χ3n) is 6.90. The minimum absolute atomic E-state index is 0.0685. The van der Waals surface area contributed by atoms with E-state index in [9.17, 15) is 14.4 Å². The van der Waals surface area contributed by atoms with Crippen LogP contribution in [0.1, 0.15) is 88.0 Å². The van der Waals surface area contributed by atoms with Crippen molar-refractivity contribution in [1.29, 1.82) is 0 Å². The highest BCUT2D eigenvalue weighted by Gasteiger charge is 2.40. The van der Waals surface area contributed by atoms with Crippen molar-refractivity contribution >= 4 is 17.8 Å². The maximum atomic E-state index is 13.8. The zero-order chi connectivity index (χ0) is 26.2. The van der Waals surface area contributed by atoms with E-state index in [0.29, 0.717) is 18.2 Å². The summed E-state index contributed by atoms with van der Waals surface area (Å²) in [6, 6.07) is -0.865. The number of carbonyl (C=O) groups is 3. The van der Waals surface area contributed by atoms with Gasteiger partial charge >= 0.3 is 5.97 Å². The molecule has 0 bridgehead atoms. The highest BCUT2D eigenvalue weighted by molar-refractivity contribution is 5.91. The van der Waals surface area contributed by atoms with Gasteiger partial charge in [-0.3, -0.25) is 14.5 Å². The Morgan fingerprint density at radius 2 is 1.76 bits per heavy atom. The molecule has 1 rings (SSSR count). The number of hydrogen-bond donors (Lipinski definition) is 1. The number of piperidine rings is 1. The third-order valence-corrected chi connectivity index (χ3v) is 6.90. The average Bonchev–Trinajstić information content (AvgIpc) is 2.78. The van der Waals surface area contributed by atoms with Crippen molar-refractivity contribution < 1.29 is 19.1 Å². The van der Waals surface area contributed by atoms with Crippen LogP contribution in [0.25, 0.3) is 0 Å². The Morgan fingerprint density at radius 1 is 1.15 bits per heavy atom. The number of amides is 2. The van der Waals surface area contributed by atoms with Crippen LogP contribution in [-0.4, -0.2) is 72.0 Å². The van der Waals surface area contributed by atoms with Gasteiger partial charge in [-0.2, -0.15) is 0 Å². The van der Waals surface area contributed by atoms with Crippen molar-refractivity contribution in [3.8, 4) is 0 Å². The summed E-state index contributed by atoms with van der Waals surface area (Å²) in [6.45, 7) is 18.9. The second kappa shape index (κ2) is 13.3. The fourth-order valence-corrected chi connectivity index (χ4v) is 4.56. The molecule has 0 radical (unpaired) electrons. The van der Waals surface area contributed by atoms with E-state index < -0.39 is 11.5 Å². The van der Waals surface area contributed by atoms with Gasteiger partial charge in [0.1, 0.15) is 6.04 Å². The highest BCUT2D eigenvalue weighted by atomic mass is 16.5. The van der Waals surface area contributed by atoms with Crippen molar-refractivity contribution in [3.63, 3.8) is 0 Å². The molecule has 1 saturated heterocycles. The molecule has 4 atom stereocenters. The summed E-state index contributed by atoms with van der Waals surface area (Å²) >= 11 is 0. The first-order chi connectivity index (χ1) is 15.8. The summed E-state index contributed by atoms with van der Waals surface area (Å²) in [4.78, 5) is 43.3. The van der Waals surface area contributed by atoms with Gasteiger partial charge in [-0.15, -0.1) is 0 Å². The van der Waals surface area contributed by atoms with Gasteiger partial charge in [0.2, 0.25) is 11.8 Å². The van der Waals surface area contributed by atoms with Crippen LogP contribution >= 0.6 is 0 Å². The molecule has 0 aromatic rings. The number of ether oxygens (including phenoxy) is 1. The molecule has 34 heavy (non-hydrogen) atoms. The molecule has 0 spiro atoms. The van der Waals surface area contributed by atoms with Crippen LogP contribution in [0.2, 0.25) is 0 Å². The Balaban J connectivity index is 3.17. The maximum Gasteiger partial charge on any atom is 0.333 e. The standard InChI is InChI=1S/C27H49N3O4/c1-11-20(6)30-16-14-13-15-21(30)24(31)28-23(27(7,8)9)25(32)29(10)22(18(3)4)17-19(5)26(33)34-12-2/h17-18,20-23H,11-16H2,1-10H3,(H,28,31)/b19-17+/t20?,21-,22-,23?/m1/s1. The van der Waals surface area contributed by atoms with Gasteiger partial charge in [-0.05, 0) is 57.9 Å². The molecule has 7 nitrogen and oxygen atoms in total. The van der Waals surface area contributed by atoms with Gasteiger partial charge in [0, 0.05) is 18.7 Å². The Labute approximate surface area is 207 Å². The van der Waals surface area contributed by atoms with Gasteiger partial charge < -0.3 is 15.0 Å². The molecule has 0 aromatic heterocycles. The topological polar surface area (TPSA) is 79.0 Å². The first kappa shape index (κ1) is 30.1. The number of carbonyl (C=O) groups excluding carboxylic acids is 3. The lowest BCUT2D eigenvalue weighted by atomic mass is 9.84. The van der Waals surface area contributed by atoms with Gasteiger partial charge in [-0.1, -0.05) is 54.0 Å². The summed E-state index contributed by atoms with van der Waals surface area (Å²) in [5, 5.41) is 3.12. The molecular weight excluding hydrogens is 430 g/mol. The van der Waals surface area contributed by atoms with E-state index in [4.69, 9.17) is 4.74 Å². The molecule has 0 aromatic carbocycles. The molecule has 1 N–H and O–H groups in total. The first-order valence-corrected chi connectivity index (χ1v) is 12.9. The van der Waals surface area contributed by atoms with Crippen molar-refractivity contribution in [1.82, 2.24) is 15.1 Å². The number of nitrogens with zero attached hydrogens (tertiary/aromatic N) is 2. The number of nitrogens with one attached hydrogen (secondary N) is 1. The van der Waals surface area contributed by atoms with Crippen LogP contribution in [0.5, 0.6) is 0 Å². The molecule has 2 unspecified atom stereocenters. The van der Waals surface area contributed by atoms with Crippen molar-refractivity contribution in [2.75, 3.05) is 20.2 Å². The van der Waals surface area contributed by atoms with Crippen molar-refractivity contribution in [2.45, 2.75) is 112 Å². The van der Waals surface area contributed by atoms with Crippen LogP contribution < -0.4 is 5.32 Å². The normalized spacial score (nSPS) is 20.4. The average molecular weight is 480 g/mol. The Morgan fingerprint density at radius 3 is 2.26 bits per heavy atom. The van der Waals surface area contributed by atoms with Gasteiger partial charge in [0.05, 0.1) is 18.7 Å². The fourth-order valence-electron chi connectivity index (χ4n) is 4.56. The SMILES string of the molecule is CCOC(=O)/C(C)=C/[C@H](C(C)C)N(C)C(=O)C(NC(=O)[C@H]1CCCCN1C(C)CC)C(C)(C)C. The number of likely N-dealkylation sites (tertiary alicyclic amines) is 1. The van der Waals surface area contributed by atoms with Crippen LogP contribution in [0.4, 0.5) is 0 Å². The zero-order valence-corrected chi connectivity index (χ0v) is 23.2. The number of likely N-dealkylation sites (N-methyl/N-ethyl adjacent to an activating group) is 1. The number of rotatable bonds is 10. The van der Waals surface area contributed by atoms with E-state index in [1.807, 2.05) is 34.6 Å². The molecule has 1 fully saturated rings. The second-order valence-electron chi connectivity index (χ2n) is 11.1. The van der Waals surface area contributed by atoms with Crippen LogP contribution in [0.3, 0.4) is 0 Å². The molecule has 7 heteroatoms. The Bertz CT molecular complexity index is 726. The lowest BCUT2D eigenvalue weighted by molar-refractivity contribution is -0.142. The zero-order valence-electron chi connectivity index (χ0n) is 23.2. The lowest BCUT2D eigenvalue weighted by Gasteiger charge is -2.41. The van der Waals surface area contributed by atoms with Gasteiger partial charge in [0.15, 0.2) is 0 Å². The predicted octanol–water partition coefficient (Wildman–Crippen LogP) is 4.16. The smallest absolute Gasteiger partial charge is 0.333 e. The highest BCUT2D eigenvalue weighted by Crippen LogP contribution is 2.26. The molecule has 0 saturated carbocycles. The first-order valence-electron chi connectivity index (χ1n) is 12.9. The predicted molar refractivity (Wildman–Crippen MR) is 137 cm³/mol. The van der Waals surface area contributed by atoms with E-state index in [2.05, 4.69) is 24.1 Å². The quantitative estimate of drug-likeness (QED) is 0.376.